The van der Waals surface area contributed by atoms with Crippen molar-refractivity contribution in [3.63, 3.8) is 0 Å². The van der Waals surface area contributed by atoms with E-state index in [-0.39, 0.29) is 11.8 Å². The predicted molar refractivity (Wildman–Crippen MR) is 93.9 cm³/mol. The lowest BCUT2D eigenvalue weighted by molar-refractivity contribution is -0.173. The van der Waals surface area contributed by atoms with Gasteiger partial charge in [0.15, 0.2) is 0 Å². The molecule has 0 aliphatic carbocycles. The van der Waals surface area contributed by atoms with Crippen molar-refractivity contribution in [1.29, 1.82) is 0 Å². The van der Waals surface area contributed by atoms with Crippen LogP contribution in [0, 0.1) is 0 Å². The second kappa shape index (κ2) is 10.4. The highest BCUT2D eigenvalue weighted by Gasteiger charge is 2.33. The lowest BCUT2D eigenvalue weighted by atomic mass is 10.0. The Morgan fingerprint density at radius 1 is 1.09 bits per heavy atom. The normalized spacial score (nSPS) is 16.1. The molecule has 0 bridgehead atoms. The van der Waals surface area contributed by atoms with Gasteiger partial charge in [-0.3, -0.25) is 0 Å². The van der Waals surface area contributed by atoms with E-state index in [1.807, 2.05) is 18.2 Å². The Morgan fingerprint density at radius 2 is 1.78 bits per heavy atom. The first-order chi connectivity index (χ1) is 11.0. The van der Waals surface area contributed by atoms with Gasteiger partial charge in [-0.15, -0.1) is 0 Å². The van der Waals surface area contributed by atoms with Crippen molar-refractivity contribution < 1.29 is 15.1 Å². The lowest BCUT2D eigenvalue weighted by Gasteiger charge is -2.30. The minimum atomic E-state index is -1.61. The van der Waals surface area contributed by atoms with Crippen LogP contribution in [0.3, 0.4) is 0 Å². The number of nitrogens with zero attached hydrogens (tertiary/aromatic N) is 1. The van der Waals surface area contributed by atoms with Crippen molar-refractivity contribution in [3.8, 4) is 0 Å². The molecule has 23 heavy (non-hydrogen) atoms. The molecule has 0 radical (unpaired) electrons. The molecule has 0 heterocycles. The first-order valence-corrected chi connectivity index (χ1v) is 8.73. The summed E-state index contributed by atoms with van der Waals surface area (Å²) in [7, 11) is 0. The molecule has 4 nitrogen and oxygen atoms in total. The van der Waals surface area contributed by atoms with Crippen molar-refractivity contribution in [2.75, 3.05) is 0 Å². The van der Waals surface area contributed by atoms with Gasteiger partial charge in [-0.1, -0.05) is 81.4 Å². The van der Waals surface area contributed by atoms with Gasteiger partial charge in [0.1, 0.15) is 5.71 Å². The van der Waals surface area contributed by atoms with E-state index in [2.05, 4.69) is 19.0 Å². The van der Waals surface area contributed by atoms with Gasteiger partial charge < -0.3 is 15.1 Å². The zero-order valence-electron chi connectivity index (χ0n) is 14.7. The van der Waals surface area contributed by atoms with E-state index in [9.17, 15) is 10.3 Å². The van der Waals surface area contributed by atoms with Crippen LogP contribution in [-0.4, -0.2) is 27.9 Å². The molecule has 2 unspecified atom stereocenters. The van der Waals surface area contributed by atoms with Crippen molar-refractivity contribution in [1.82, 2.24) is 0 Å². The van der Waals surface area contributed by atoms with Crippen molar-refractivity contribution in [2.45, 2.75) is 77.6 Å². The van der Waals surface area contributed by atoms with E-state index in [4.69, 9.17) is 4.74 Å². The molecule has 0 fully saturated rings. The number of oxime groups is 1. The number of hydrogen-bond acceptors (Lipinski definition) is 4. The van der Waals surface area contributed by atoms with Crippen LogP contribution < -0.4 is 0 Å². The molecule has 1 rings (SSSR count). The highest BCUT2D eigenvalue weighted by Crippen LogP contribution is 2.23. The number of unbranched alkanes of at least 4 members (excludes halogenated alkanes) is 3. The largest absolute Gasteiger partial charge is 0.410 e. The Balaban J connectivity index is 2.74. The summed E-state index contributed by atoms with van der Waals surface area (Å²) in [5, 5.41) is 23.4. The lowest BCUT2D eigenvalue weighted by Crippen LogP contribution is -2.42. The van der Waals surface area contributed by atoms with Gasteiger partial charge in [0.05, 0.1) is 6.10 Å². The highest BCUT2D eigenvalue weighted by molar-refractivity contribution is 6.04. The standard InChI is InChI=1S/C19H31NO3/c1-4-6-7-11-15-17(12-5-2)23-19(3,21)18(20-22)16-13-9-8-10-14-16/h8-10,13-14,17,21-22H,4-7,11-12,15H2,1-3H3. The number of hydrogen-bond donors (Lipinski definition) is 2. The average Bonchev–Trinajstić information content (AvgIpc) is 2.53. The zero-order chi connectivity index (χ0) is 17.1. The number of ether oxygens (including phenoxy) is 1. The molecule has 0 spiro atoms. The van der Waals surface area contributed by atoms with Gasteiger partial charge in [0, 0.05) is 5.56 Å². The smallest absolute Gasteiger partial charge is 0.211 e. The summed E-state index contributed by atoms with van der Waals surface area (Å²) in [6, 6.07) is 9.14. The van der Waals surface area contributed by atoms with Gasteiger partial charge in [0.25, 0.3) is 0 Å². The summed E-state index contributed by atoms with van der Waals surface area (Å²) in [4.78, 5) is 0. The van der Waals surface area contributed by atoms with Crippen molar-refractivity contribution >= 4 is 5.71 Å². The maximum Gasteiger partial charge on any atom is 0.211 e. The molecule has 2 atom stereocenters. The van der Waals surface area contributed by atoms with E-state index in [1.165, 1.54) is 19.3 Å². The minimum Gasteiger partial charge on any atom is -0.410 e. The van der Waals surface area contributed by atoms with Gasteiger partial charge in [0.2, 0.25) is 5.79 Å². The summed E-state index contributed by atoms with van der Waals surface area (Å²) in [6.07, 6.45) is 7.45. The van der Waals surface area contributed by atoms with Crippen LogP contribution in [0.2, 0.25) is 0 Å². The molecule has 2 N–H and O–H groups in total. The Hall–Kier alpha value is -1.39. The van der Waals surface area contributed by atoms with Gasteiger partial charge in [-0.05, 0) is 19.8 Å². The third-order valence-electron chi connectivity index (χ3n) is 3.97. The molecular weight excluding hydrogens is 290 g/mol. The summed E-state index contributed by atoms with van der Waals surface area (Å²) in [5.41, 5.74) is 0.800. The predicted octanol–water partition coefficient (Wildman–Crippen LogP) is 4.73. The van der Waals surface area contributed by atoms with Gasteiger partial charge in [-0.25, -0.2) is 0 Å². The number of aliphatic hydroxyl groups is 1. The van der Waals surface area contributed by atoms with Gasteiger partial charge >= 0.3 is 0 Å². The first-order valence-electron chi connectivity index (χ1n) is 8.73. The van der Waals surface area contributed by atoms with Crippen LogP contribution in [0.25, 0.3) is 0 Å². The third-order valence-corrected chi connectivity index (χ3v) is 3.97. The topological polar surface area (TPSA) is 62.0 Å². The Bertz CT molecular complexity index is 457. The molecule has 0 saturated carbocycles. The second-order valence-corrected chi connectivity index (χ2v) is 6.18. The summed E-state index contributed by atoms with van der Waals surface area (Å²) in [5.74, 6) is -1.61. The fraction of sp³-hybridized carbons (Fsp3) is 0.632. The van der Waals surface area contributed by atoms with E-state index >= 15 is 0 Å². The minimum absolute atomic E-state index is 0.0349. The quantitative estimate of drug-likeness (QED) is 0.204. The maximum absolute atomic E-state index is 10.7. The second-order valence-electron chi connectivity index (χ2n) is 6.18. The molecule has 130 valence electrons. The van der Waals surface area contributed by atoms with Crippen LogP contribution in [-0.2, 0) is 4.74 Å². The van der Waals surface area contributed by atoms with E-state index in [0.29, 0.717) is 5.56 Å². The Kier molecular flexibility index (Phi) is 8.89. The average molecular weight is 321 g/mol. The molecule has 1 aromatic carbocycles. The summed E-state index contributed by atoms with van der Waals surface area (Å²) >= 11 is 0. The fourth-order valence-corrected chi connectivity index (χ4v) is 2.78. The third kappa shape index (κ3) is 6.71. The molecule has 0 aromatic heterocycles. The van der Waals surface area contributed by atoms with Crippen LogP contribution in [0.5, 0.6) is 0 Å². The van der Waals surface area contributed by atoms with Crippen LogP contribution in [0.4, 0.5) is 0 Å². The van der Waals surface area contributed by atoms with Crippen LogP contribution >= 0.6 is 0 Å². The number of rotatable bonds is 11. The Morgan fingerprint density at radius 3 is 2.35 bits per heavy atom. The fourth-order valence-electron chi connectivity index (χ4n) is 2.78. The Labute approximate surface area is 140 Å². The van der Waals surface area contributed by atoms with E-state index < -0.39 is 5.79 Å². The molecule has 4 heteroatoms. The molecule has 0 saturated heterocycles. The SMILES string of the molecule is CCCCCCC(CCC)OC(C)(O)C(=NO)c1ccccc1. The molecule has 0 aliphatic heterocycles. The van der Waals surface area contributed by atoms with Crippen molar-refractivity contribution in [3.05, 3.63) is 35.9 Å². The monoisotopic (exact) mass is 321 g/mol. The molecule has 0 aliphatic rings. The first kappa shape index (κ1) is 19.7. The summed E-state index contributed by atoms with van der Waals surface area (Å²) in [6.45, 7) is 5.84. The highest BCUT2D eigenvalue weighted by atomic mass is 16.6. The van der Waals surface area contributed by atoms with Crippen LogP contribution in [0.15, 0.2) is 35.5 Å². The zero-order valence-corrected chi connectivity index (χ0v) is 14.7. The van der Waals surface area contributed by atoms with E-state index in [1.54, 1.807) is 19.1 Å². The maximum atomic E-state index is 10.7. The van der Waals surface area contributed by atoms with Crippen molar-refractivity contribution in [2.24, 2.45) is 5.16 Å². The molecule has 1 aromatic rings. The van der Waals surface area contributed by atoms with Gasteiger partial charge in [-0.2, -0.15) is 0 Å². The molecule has 0 amide bonds. The molecular formula is C19H31NO3. The number of benzene rings is 1. The van der Waals surface area contributed by atoms with E-state index in [0.717, 1.165) is 25.7 Å². The van der Waals surface area contributed by atoms with Crippen LogP contribution in [0.1, 0.15) is 71.3 Å². The summed E-state index contributed by atoms with van der Waals surface area (Å²) < 4.78 is 5.93.